The van der Waals surface area contributed by atoms with Crippen molar-refractivity contribution in [2.75, 3.05) is 6.61 Å². The van der Waals surface area contributed by atoms with E-state index < -0.39 is 0 Å². The Balaban J connectivity index is 2.02. The van der Waals surface area contributed by atoms with Gasteiger partial charge in [-0.3, -0.25) is 9.59 Å². The lowest BCUT2D eigenvalue weighted by molar-refractivity contribution is -0.118. The van der Waals surface area contributed by atoms with Gasteiger partial charge in [-0.25, -0.2) is 0 Å². The van der Waals surface area contributed by atoms with Crippen LogP contribution in [0.1, 0.15) is 6.92 Å². The molecule has 5 heteroatoms. The van der Waals surface area contributed by atoms with Gasteiger partial charge in [-0.15, -0.1) is 0 Å². The molecular formula is C18H13BrO4. The van der Waals surface area contributed by atoms with Gasteiger partial charge in [0.15, 0.2) is 11.2 Å². The van der Waals surface area contributed by atoms with Crippen molar-refractivity contribution in [3.63, 3.8) is 0 Å². The molecule has 4 nitrogen and oxygen atoms in total. The highest BCUT2D eigenvalue weighted by Crippen LogP contribution is 2.24. The normalized spacial score (nSPS) is 10.7. The maximum atomic E-state index is 12.6. The predicted molar refractivity (Wildman–Crippen MR) is 91.8 cm³/mol. The summed E-state index contributed by atoms with van der Waals surface area (Å²) in [5.41, 5.74) is 1.62. The maximum Gasteiger partial charge on any atom is 0.200 e. The Kier molecular flexibility index (Phi) is 4.30. The van der Waals surface area contributed by atoms with E-state index in [9.17, 15) is 9.59 Å². The van der Waals surface area contributed by atoms with Crippen LogP contribution in [0.25, 0.3) is 22.1 Å². The zero-order chi connectivity index (χ0) is 16.4. The number of ketones is 1. The van der Waals surface area contributed by atoms with Crippen molar-refractivity contribution in [3.05, 3.63) is 63.4 Å². The minimum atomic E-state index is -0.105. The topological polar surface area (TPSA) is 56.5 Å². The van der Waals surface area contributed by atoms with E-state index in [-0.39, 0.29) is 17.8 Å². The van der Waals surface area contributed by atoms with E-state index in [0.717, 1.165) is 10.0 Å². The predicted octanol–water partition coefficient (Wildman–Crippen LogP) is 4.19. The van der Waals surface area contributed by atoms with Gasteiger partial charge in [-0.2, -0.15) is 0 Å². The van der Waals surface area contributed by atoms with Crippen molar-refractivity contribution >= 4 is 32.7 Å². The van der Waals surface area contributed by atoms with Crippen molar-refractivity contribution in [3.8, 4) is 16.9 Å². The van der Waals surface area contributed by atoms with E-state index in [0.29, 0.717) is 22.3 Å². The van der Waals surface area contributed by atoms with E-state index in [2.05, 4.69) is 15.9 Å². The summed E-state index contributed by atoms with van der Waals surface area (Å²) in [6.07, 6.45) is 1.45. The minimum Gasteiger partial charge on any atom is -0.486 e. The van der Waals surface area contributed by atoms with Crippen molar-refractivity contribution in [2.45, 2.75) is 6.92 Å². The summed E-state index contributed by atoms with van der Waals surface area (Å²) in [6, 6.07) is 12.4. The zero-order valence-corrected chi connectivity index (χ0v) is 13.9. The number of Topliss-reactive ketones (excluding diaryl/α,β-unsaturated/α-hetero) is 1. The van der Waals surface area contributed by atoms with Gasteiger partial charge in [0.25, 0.3) is 0 Å². The molecule has 0 bridgehead atoms. The minimum absolute atomic E-state index is 0.00723. The number of carbonyl (C=O) groups is 1. The van der Waals surface area contributed by atoms with E-state index in [1.165, 1.54) is 13.2 Å². The molecule has 0 spiro atoms. The third-order valence-electron chi connectivity index (χ3n) is 3.34. The van der Waals surface area contributed by atoms with Crippen molar-refractivity contribution in [2.24, 2.45) is 0 Å². The summed E-state index contributed by atoms with van der Waals surface area (Å²) in [6.45, 7) is 1.44. The van der Waals surface area contributed by atoms with Gasteiger partial charge in [0.2, 0.25) is 0 Å². The Hall–Kier alpha value is -2.40. The van der Waals surface area contributed by atoms with Crippen LogP contribution in [0.2, 0.25) is 0 Å². The SMILES string of the molecule is CC(=O)COc1ccc2c(=O)c(-c3ccc(Br)cc3)coc2c1. The lowest BCUT2D eigenvalue weighted by Gasteiger charge is -2.06. The Morgan fingerprint density at radius 3 is 2.61 bits per heavy atom. The molecule has 0 aliphatic rings. The van der Waals surface area contributed by atoms with Crippen LogP contribution in [-0.4, -0.2) is 12.4 Å². The number of hydrogen-bond donors (Lipinski definition) is 0. The Morgan fingerprint density at radius 2 is 1.91 bits per heavy atom. The molecular weight excluding hydrogens is 360 g/mol. The summed E-state index contributed by atoms with van der Waals surface area (Å²) < 4.78 is 11.8. The number of benzene rings is 2. The van der Waals surface area contributed by atoms with E-state index in [1.54, 1.807) is 18.2 Å². The van der Waals surface area contributed by atoms with Crippen LogP contribution in [0.4, 0.5) is 0 Å². The van der Waals surface area contributed by atoms with Crippen LogP contribution >= 0.6 is 15.9 Å². The number of hydrogen-bond acceptors (Lipinski definition) is 4. The lowest BCUT2D eigenvalue weighted by atomic mass is 10.1. The summed E-state index contributed by atoms with van der Waals surface area (Å²) in [5.74, 6) is 0.421. The first kappa shape index (κ1) is 15.5. The van der Waals surface area contributed by atoms with Crippen molar-refractivity contribution in [1.82, 2.24) is 0 Å². The monoisotopic (exact) mass is 372 g/mol. The molecule has 0 amide bonds. The van der Waals surface area contributed by atoms with Crippen LogP contribution in [0, 0.1) is 0 Å². The van der Waals surface area contributed by atoms with Gasteiger partial charge in [0.1, 0.15) is 24.2 Å². The fraction of sp³-hybridized carbons (Fsp3) is 0.111. The molecule has 0 saturated heterocycles. The van der Waals surface area contributed by atoms with Crippen LogP contribution in [-0.2, 0) is 4.79 Å². The summed E-state index contributed by atoms with van der Waals surface area (Å²) in [7, 11) is 0. The fourth-order valence-electron chi connectivity index (χ4n) is 2.21. The standard InChI is InChI=1S/C18H13BrO4/c1-11(20)9-22-14-6-7-15-17(8-14)23-10-16(18(15)21)12-2-4-13(19)5-3-12/h2-8,10H,9H2,1H3. The van der Waals surface area contributed by atoms with Gasteiger partial charge in [-0.1, -0.05) is 28.1 Å². The Morgan fingerprint density at radius 1 is 1.17 bits per heavy atom. The average Bonchev–Trinajstić information content (AvgIpc) is 2.54. The first-order chi connectivity index (χ1) is 11.0. The highest BCUT2D eigenvalue weighted by Gasteiger charge is 2.10. The van der Waals surface area contributed by atoms with Crippen LogP contribution in [0.3, 0.4) is 0 Å². The second kappa shape index (κ2) is 6.38. The molecule has 3 aromatic rings. The number of rotatable bonds is 4. The molecule has 0 N–H and O–H groups in total. The molecule has 0 unspecified atom stereocenters. The third kappa shape index (κ3) is 3.35. The van der Waals surface area contributed by atoms with E-state index in [4.69, 9.17) is 9.15 Å². The van der Waals surface area contributed by atoms with Crippen LogP contribution in [0.5, 0.6) is 5.75 Å². The molecule has 0 aliphatic heterocycles. The highest BCUT2D eigenvalue weighted by molar-refractivity contribution is 9.10. The Labute approximate surface area is 140 Å². The van der Waals surface area contributed by atoms with Crippen molar-refractivity contribution in [1.29, 1.82) is 0 Å². The van der Waals surface area contributed by atoms with Gasteiger partial charge in [0, 0.05) is 10.5 Å². The molecule has 1 heterocycles. The second-order valence-electron chi connectivity index (χ2n) is 5.13. The molecule has 0 saturated carbocycles. The first-order valence-corrected chi connectivity index (χ1v) is 7.77. The molecule has 3 rings (SSSR count). The molecule has 1 aromatic heterocycles. The van der Waals surface area contributed by atoms with Gasteiger partial charge >= 0.3 is 0 Å². The van der Waals surface area contributed by atoms with Gasteiger partial charge in [0.05, 0.1) is 10.9 Å². The zero-order valence-electron chi connectivity index (χ0n) is 12.3. The fourth-order valence-corrected chi connectivity index (χ4v) is 2.48. The lowest BCUT2D eigenvalue weighted by Crippen LogP contribution is -2.07. The molecule has 23 heavy (non-hydrogen) atoms. The summed E-state index contributed by atoms with van der Waals surface area (Å²) in [4.78, 5) is 23.6. The molecule has 0 fully saturated rings. The highest BCUT2D eigenvalue weighted by atomic mass is 79.9. The largest absolute Gasteiger partial charge is 0.486 e. The molecule has 0 atom stereocenters. The van der Waals surface area contributed by atoms with Crippen LogP contribution in [0.15, 0.2) is 62.4 Å². The molecule has 2 aromatic carbocycles. The van der Waals surface area contributed by atoms with Gasteiger partial charge in [-0.05, 0) is 36.8 Å². The third-order valence-corrected chi connectivity index (χ3v) is 3.87. The van der Waals surface area contributed by atoms with Crippen LogP contribution < -0.4 is 10.2 Å². The summed E-state index contributed by atoms with van der Waals surface area (Å²) >= 11 is 3.37. The van der Waals surface area contributed by atoms with Gasteiger partial charge < -0.3 is 9.15 Å². The Bertz CT molecular complexity index is 926. The summed E-state index contributed by atoms with van der Waals surface area (Å²) in [5, 5.41) is 0.473. The number of halogens is 1. The average molecular weight is 373 g/mol. The molecule has 0 radical (unpaired) electrons. The number of fused-ring (bicyclic) bond motifs is 1. The molecule has 0 aliphatic carbocycles. The second-order valence-corrected chi connectivity index (χ2v) is 6.05. The van der Waals surface area contributed by atoms with E-state index in [1.807, 2.05) is 24.3 Å². The quantitative estimate of drug-likeness (QED) is 0.688. The number of carbonyl (C=O) groups excluding carboxylic acids is 1. The number of ether oxygens (including phenoxy) is 1. The first-order valence-electron chi connectivity index (χ1n) is 6.98. The molecule has 116 valence electrons. The maximum absolute atomic E-state index is 12.6. The van der Waals surface area contributed by atoms with Crippen molar-refractivity contribution < 1.29 is 13.9 Å². The smallest absolute Gasteiger partial charge is 0.200 e. The van der Waals surface area contributed by atoms with E-state index >= 15 is 0 Å².